The number of anilines is 1. The average Bonchev–Trinajstić information content (AvgIpc) is 2.88. The Balaban J connectivity index is 0.000000511. The van der Waals surface area contributed by atoms with Crippen molar-refractivity contribution in [3.05, 3.63) is 42.0 Å². The van der Waals surface area contributed by atoms with Crippen LogP contribution in [0, 0.1) is 23.4 Å². The molecular weight excluding hydrogens is 464 g/mol. The highest BCUT2D eigenvalue weighted by Crippen LogP contribution is 2.35. The summed E-state index contributed by atoms with van der Waals surface area (Å²) >= 11 is 1.97. The molecule has 0 unspecified atom stereocenters. The van der Waals surface area contributed by atoms with E-state index in [4.69, 9.17) is 5.73 Å². The molecule has 3 aromatic rings. The lowest BCUT2D eigenvalue weighted by Gasteiger charge is -2.01. The van der Waals surface area contributed by atoms with Gasteiger partial charge >= 0.3 is 0 Å². The minimum atomic E-state index is -0.747. The number of nitrogens with zero attached hydrogens (tertiary/aromatic N) is 3. The normalized spacial score (nSPS) is 10.9. The average molecular weight is 480 g/mol. The van der Waals surface area contributed by atoms with Crippen LogP contribution in [-0.2, 0) is 0 Å². The van der Waals surface area contributed by atoms with Crippen LogP contribution in [0.4, 0.5) is 19.0 Å². The molecule has 3 rings (SSSR count). The second-order valence-electron chi connectivity index (χ2n) is 5.88. The van der Waals surface area contributed by atoms with Gasteiger partial charge in [0.05, 0.1) is 11.7 Å². The van der Waals surface area contributed by atoms with Crippen molar-refractivity contribution >= 4 is 47.0 Å². The van der Waals surface area contributed by atoms with Crippen LogP contribution in [0.5, 0.6) is 0 Å². The van der Waals surface area contributed by atoms with Crippen molar-refractivity contribution in [2.24, 2.45) is 5.92 Å². The van der Waals surface area contributed by atoms with Crippen LogP contribution in [-0.4, -0.2) is 13.9 Å². The maximum absolute atomic E-state index is 14.0. The summed E-state index contributed by atoms with van der Waals surface area (Å²) < 4.78 is 42.1. The van der Waals surface area contributed by atoms with E-state index >= 15 is 0 Å². The summed E-state index contributed by atoms with van der Waals surface area (Å²) in [5.74, 6) is -1.54. The van der Waals surface area contributed by atoms with Crippen LogP contribution in [0.25, 0.3) is 22.3 Å². The van der Waals surface area contributed by atoms with Gasteiger partial charge in [0.2, 0.25) is 0 Å². The van der Waals surface area contributed by atoms with Gasteiger partial charge in [-0.25, -0.2) is 23.1 Å². The Hall–Kier alpha value is -1.49. The van der Waals surface area contributed by atoms with E-state index in [0.29, 0.717) is 10.9 Å². The van der Waals surface area contributed by atoms with Crippen LogP contribution >= 0.6 is 30.3 Å². The summed E-state index contributed by atoms with van der Waals surface area (Å²) in [6.45, 7) is 6.50. The SMILES string of the molecule is CC(C)C.Nc1nc(-c2cn(SI)c3c(F)cc(F)cc23)ncc1F. The number of hydrogen-bond acceptors (Lipinski definition) is 4. The molecule has 0 radical (unpaired) electrons. The Morgan fingerprint density at radius 3 is 2.36 bits per heavy atom. The molecule has 0 aliphatic heterocycles. The van der Waals surface area contributed by atoms with Crippen molar-refractivity contribution in [1.82, 2.24) is 13.9 Å². The summed E-state index contributed by atoms with van der Waals surface area (Å²) in [4.78, 5) is 7.65. The van der Waals surface area contributed by atoms with Crippen molar-refractivity contribution < 1.29 is 13.2 Å². The summed E-state index contributed by atoms with van der Waals surface area (Å²) in [6.07, 6.45) is 2.48. The monoisotopic (exact) mass is 480 g/mol. The molecule has 0 spiro atoms. The third-order valence-corrected chi connectivity index (χ3v) is 4.58. The van der Waals surface area contributed by atoms with E-state index in [2.05, 4.69) is 30.7 Å². The molecule has 0 aliphatic rings. The summed E-state index contributed by atoms with van der Waals surface area (Å²) in [6, 6.07) is 1.98. The summed E-state index contributed by atoms with van der Waals surface area (Å²) in [7, 11) is 1.20. The fourth-order valence-electron chi connectivity index (χ4n) is 1.99. The summed E-state index contributed by atoms with van der Waals surface area (Å²) in [5, 5.41) is 0.294. The van der Waals surface area contributed by atoms with Gasteiger partial charge in [0.1, 0.15) is 5.82 Å². The maximum atomic E-state index is 14.0. The lowest BCUT2D eigenvalue weighted by atomic mass is 10.1. The van der Waals surface area contributed by atoms with Gasteiger partial charge in [0.25, 0.3) is 0 Å². The first kappa shape index (κ1) is 19.8. The minimum absolute atomic E-state index is 0.105. The molecule has 0 bridgehead atoms. The van der Waals surface area contributed by atoms with E-state index in [1.54, 1.807) is 6.20 Å². The molecule has 0 saturated heterocycles. The van der Waals surface area contributed by atoms with Crippen LogP contribution in [0.3, 0.4) is 0 Å². The molecule has 2 N–H and O–H groups in total. The van der Waals surface area contributed by atoms with Crippen molar-refractivity contribution in [1.29, 1.82) is 0 Å². The predicted octanol–water partition coefficient (Wildman–Crippen LogP) is 5.61. The number of nitrogens with two attached hydrogens (primary N) is 1. The van der Waals surface area contributed by atoms with E-state index in [-0.39, 0.29) is 17.2 Å². The number of nitrogen functional groups attached to an aromatic ring is 1. The van der Waals surface area contributed by atoms with Gasteiger partial charge in [-0.05, 0) is 12.0 Å². The first-order valence-electron chi connectivity index (χ1n) is 7.32. The molecule has 0 aliphatic carbocycles. The van der Waals surface area contributed by atoms with Gasteiger partial charge in [-0.3, -0.25) is 3.97 Å². The Bertz CT molecular complexity index is 896. The van der Waals surface area contributed by atoms with Gasteiger partial charge < -0.3 is 5.73 Å². The minimum Gasteiger partial charge on any atom is -0.381 e. The predicted molar refractivity (Wildman–Crippen MR) is 105 cm³/mol. The van der Waals surface area contributed by atoms with Gasteiger partial charge in [0.15, 0.2) is 23.3 Å². The first-order chi connectivity index (χ1) is 11.7. The Labute approximate surface area is 159 Å². The van der Waals surface area contributed by atoms with E-state index in [1.807, 2.05) is 21.2 Å². The van der Waals surface area contributed by atoms with Crippen LogP contribution < -0.4 is 5.73 Å². The zero-order valence-electron chi connectivity index (χ0n) is 13.7. The lowest BCUT2D eigenvalue weighted by molar-refractivity contribution is 0.590. The molecule has 2 heterocycles. The second kappa shape index (κ2) is 8.26. The van der Waals surface area contributed by atoms with Gasteiger partial charge in [-0.1, -0.05) is 20.8 Å². The topological polar surface area (TPSA) is 56.7 Å². The first-order valence-corrected chi connectivity index (χ1v) is 10.6. The van der Waals surface area contributed by atoms with Crippen molar-refractivity contribution in [3.63, 3.8) is 0 Å². The number of fused-ring (bicyclic) bond motifs is 1. The number of benzene rings is 1. The Morgan fingerprint density at radius 1 is 1.16 bits per heavy atom. The molecule has 2 aromatic heterocycles. The largest absolute Gasteiger partial charge is 0.381 e. The van der Waals surface area contributed by atoms with Crippen LogP contribution in [0.1, 0.15) is 20.8 Å². The fraction of sp³-hybridized carbons (Fsp3) is 0.250. The van der Waals surface area contributed by atoms with Gasteiger partial charge in [0, 0.05) is 53.5 Å². The highest BCUT2D eigenvalue weighted by atomic mass is 127. The van der Waals surface area contributed by atoms with Gasteiger partial charge in [-0.2, -0.15) is 0 Å². The van der Waals surface area contributed by atoms with Crippen LogP contribution in [0.15, 0.2) is 24.5 Å². The molecule has 134 valence electrons. The van der Waals surface area contributed by atoms with Crippen LogP contribution in [0.2, 0.25) is 0 Å². The van der Waals surface area contributed by atoms with E-state index in [0.717, 1.165) is 18.2 Å². The van der Waals surface area contributed by atoms with E-state index < -0.39 is 17.5 Å². The number of halogens is 4. The third kappa shape index (κ3) is 4.57. The van der Waals surface area contributed by atoms with E-state index in [9.17, 15) is 13.2 Å². The quantitative estimate of drug-likeness (QED) is 0.485. The molecular formula is C16H16F3IN4S. The highest BCUT2D eigenvalue weighted by molar-refractivity contribution is 14.2. The maximum Gasteiger partial charge on any atom is 0.183 e. The molecule has 4 nitrogen and oxygen atoms in total. The molecule has 1 aromatic carbocycles. The molecule has 9 heteroatoms. The van der Waals surface area contributed by atoms with Crippen molar-refractivity contribution in [3.8, 4) is 11.4 Å². The zero-order valence-corrected chi connectivity index (χ0v) is 16.7. The number of rotatable bonds is 2. The fourth-order valence-corrected chi connectivity index (χ4v) is 3.32. The van der Waals surface area contributed by atoms with E-state index in [1.165, 1.54) is 19.2 Å². The smallest absolute Gasteiger partial charge is 0.183 e. The molecule has 0 amide bonds. The Morgan fingerprint density at radius 2 is 1.80 bits per heavy atom. The third-order valence-electron chi connectivity index (χ3n) is 2.87. The lowest BCUT2D eigenvalue weighted by Crippen LogP contribution is -1.98. The second-order valence-corrected chi connectivity index (χ2v) is 7.59. The highest BCUT2D eigenvalue weighted by Gasteiger charge is 2.18. The zero-order chi connectivity index (χ0) is 18.7. The molecule has 25 heavy (non-hydrogen) atoms. The molecule has 0 fully saturated rings. The van der Waals surface area contributed by atoms with Crippen molar-refractivity contribution in [2.45, 2.75) is 20.8 Å². The Kier molecular flexibility index (Phi) is 6.55. The number of hydrogen-bond donors (Lipinski definition) is 1. The molecule has 0 saturated carbocycles. The molecule has 0 atom stereocenters. The van der Waals surface area contributed by atoms with Crippen molar-refractivity contribution in [2.75, 3.05) is 5.73 Å². The summed E-state index contributed by atoms with van der Waals surface area (Å²) in [5.41, 5.74) is 5.99. The standard InChI is InChI=1S/C12H6F3IN4S.C4H10/c13-5-1-6-7(12-18-3-9(15)11(17)19-12)4-20(21-16)10(6)8(14)2-5;1-4(2)3/h1-4H,(H2,17,18,19);4H,1-3H3. The number of aromatic nitrogens is 3. The van der Waals surface area contributed by atoms with Gasteiger partial charge in [-0.15, -0.1) is 0 Å².